The van der Waals surface area contributed by atoms with Gasteiger partial charge in [-0.3, -0.25) is 4.40 Å². The van der Waals surface area contributed by atoms with E-state index in [0.29, 0.717) is 23.2 Å². The first kappa shape index (κ1) is 17.8. The molecule has 5 rings (SSSR count). The molecule has 0 unspecified atom stereocenters. The summed E-state index contributed by atoms with van der Waals surface area (Å²) in [6, 6.07) is 7.96. The number of oxazole rings is 1. The topological polar surface area (TPSA) is 88.5 Å². The largest absolute Gasteiger partial charge is 0.432 e. The second-order valence-corrected chi connectivity index (χ2v) is 7.41. The van der Waals surface area contributed by atoms with E-state index in [4.69, 9.17) is 9.40 Å². The molecule has 1 aliphatic carbocycles. The maximum atomic E-state index is 13.4. The quantitative estimate of drug-likeness (QED) is 0.535. The fraction of sp³-hybridized carbons (Fsp3) is 0.286. The van der Waals surface area contributed by atoms with Gasteiger partial charge in [0.05, 0.1) is 17.8 Å². The lowest BCUT2D eigenvalue weighted by molar-refractivity contribution is 0.213. The number of imidazole rings is 1. The van der Waals surface area contributed by atoms with Crippen LogP contribution in [0.2, 0.25) is 0 Å². The lowest BCUT2D eigenvalue weighted by Crippen LogP contribution is -2.39. The molecule has 3 heterocycles. The summed E-state index contributed by atoms with van der Waals surface area (Å²) in [5, 5.41) is 13.2. The Balaban J connectivity index is 1.60. The Morgan fingerprint density at radius 1 is 1.14 bits per heavy atom. The molecule has 1 saturated carbocycles. The van der Waals surface area contributed by atoms with Crippen LogP contribution in [0, 0.1) is 5.82 Å². The van der Waals surface area contributed by atoms with Crippen molar-refractivity contribution in [3.63, 3.8) is 0 Å². The number of fused-ring (bicyclic) bond motifs is 1. The molecule has 0 aliphatic heterocycles. The van der Waals surface area contributed by atoms with Gasteiger partial charge in [0.1, 0.15) is 23.5 Å². The number of aromatic nitrogens is 4. The Morgan fingerprint density at radius 3 is 2.69 bits per heavy atom. The number of aliphatic hydroxyl groups excluding tert-OH is 1. The Kier molecular flexibility index (Phi) is 4.28. The normalized spacial score (nSPS) is 15.8. The number of halogens is 1. The van der Waals surface area contributed by atoms with Crippen LogP contribution in [0.4, 0.5) is 10.3 Å². The minimum Gasteiger partial charge on any atom is -0.432 e. The highest BCUT2D eigenvalue weighted by Gasteiger charge is 2.34. The van der Waals surface area contributed by atoms with E-state index in [9.17, 15) is 9.50 Å². The molecule has 1 aromatic carbocycles. The number of nitrogens with one attached hydrogen (secondary N) is 1. The van der Waals surface area contributed by atoms with Gasteiger partial charge in [0.2, 0.25) is 5.95 Å². The second-order valence-electron chi connectivity index (χ2n) is 7.41. The van der Waals surface area contributed by atoms with Gasteiger partial charge in [-0.15, -0.1) is 0 Å². The number of nitrogens with zero attached hydrogens (tertiary/aromatic N) is 4. The first-order valence-electron chi connectivity index (χ1n) is 9.61. The van der Waals surface area contributed by atoms with E-state index in [2.05, 4.69) is 15.3 Å². The van der Waals surface area contributed by atoms with Gasteiger partial charge < -0.3 is 14.8 Å². The molecule has 7 nitrogen and oxygen atoms in total. The van der Waals surface area contributed by atoms with Crippen LogP contribution in [0.5, 0.6) is 0 Å². The molecule has 8 heteroatoms. The maximum Gasteiger partial charge on any atom is 0.306 e. The van der Waals surface area contributed by atoms with Crippen molar-refractivity contribution < 1.29 is 13.9 Å². The summed E-state index contributed by atoms with van der Waals surface area (Å²) in [5.41, 5.74) is 2.42. The minimum absolute atomic E-state index is 0.0417. The van der Waals surface area contributed by atoms with Gasteiger partial charge in [-0.25, -0.2) is 14.4 Å². The Hall–Kier alpha value is -3.26. The van der Waals surface area contributed by atoms with Crippen molar-refractivity contribution in [3.8, 4) is 22.6 Å². The van der Waals surface area contributed by atoms with Crippen LogP contribution in [0.15, 0.2) is 53.4 Å². The van der Waals surface area contributed by atoms with Gasteiger partial charge in [0, 0.05) is 18.0 Å². The third kappa shape index (κ3) is 3.15. The van der Waals surface area contributed by atoms with Crippen molar-refractivity contribution >= 4 is 11.8 Å². The lowest BCUT2D eigenvalue weighted by Gasteiger charge is -2.27. The van der Waals surface area contributed by atoms with Gasteiger partial charge in [0.15, 0.2) is 0 Å². The molecule has 0 atom stereocenters. The zero-order chi connectivity index (χ0) is 19.8. The standard InChI is InChI=1S/C21H20FN5O2/c22-15-5-3-14(4-6-15)17-18(27-11-12-29-20(27)25-17)16-7-10-23-19(24-16)26-21(13-28)8-1-2-9-21/h3-7,10-12,28H,1-2,8-9,13H2,(H,23,24,26). The Labute approximate surface area is 166 Å². The maximum absolute atomic E-state index is 13.4. The van der Waals surface area contributed by atoms with Gasteiger partial charge in [-0.2, -0.15) is 4.98 Å². The van der Waals surface area contributed by atoms with Crippen molar-refractivity contribution in [1.29, 1.82) is 0 Å². The number of rotatable bonds is 5. The van der Waals surface area contributed by atoms with Crippen LogP contribution >= 0.6 is 0 Å². The molecule has 4 aromatic rings. The summed E-state index contributed by atoms with van der Waals surface area (Å²) in [6.45, 7) is 0.0417. The molecule has 29 heavy (non-hydrogen) atoms. The third-order valence-corrected chi connectivity index (χ3v) is 5.52. The fourth-order valence-electron chi connectivity index (χ4n) is 4.00. The summed E-state index contributed by atoms with van der Waals surface area (Å²) in [5.74, 6) is 0.578. The van der Waals surface area contributed by atoms with Crippen molar-refractivity contribution in [2.45, 2.75) is 31.2 Å². The smallest absolute Gasteiger partial charge is 0.306 e. The monoisotopic (exact) mass is 393 g/mol. The predicted octanol–water partition coefficient (Wildman–Crippen LogP) is 3.91. The predicted molar refractivity (Wildman–Crippen MR) is 106 cm³/mol. The summed E-state index contributed by atoms with van der Waals surface area (Å²) < 4.78 is 20.7. The number of hydrogen-bond donors (Lipinski definition) is 2. The van der Waals surface area contributed by atoms with Crippen LogP contribution in [0.3, 0.4) is 0 Å². The fourth-order valence-corrected chi connectivity index (χ4v) is 4.00. The molecule has 0 saturated heterocycles. The molecule has 0 amide bonds. The second kappa shape index (κ2) is 6.97. The van der Waals surface area contributed by atoms with Crippen molar-refractivity contribution in [2.24, 2.45) is 0 Å². The highest BCUT2D eigenvalue weighted by atomic mass is 19.1. The van der Waals surface area contributed by atoms with E-state index in [1.54, 1.807) is 36.9 Å². The van der Waals surface area contributed by atoms with Crippen molar-refractivity contribution in [3.05, 3.63) is 54.8 Å². The average molecular weight is 393 g/mol. The van der Waals surface area contributed by atoms with Gasteiger partial charge in [-0.05, 0) is 43.2 Å². The van der Waals surface area contributed by atoms with Crippen LogP contribution < -0.4 is 5.32 Å². The third-order valence-electron chi connectivity index (χ3n) is 5.52. The van der Waals surface area contributed by atoms with Crippen LogP contribution in [0.1, 0.15) is 25.7 Å². The van der Waals surface area contributed by atoms with E-state index < -0.39 is 0 Å². The van der Waals surface area contributed by atoms with Crippen LogP contribution in [-0.4, -0.2) is 36.6 Å². The molecular weight excluding hydrogens is 373 g/mol. The molecule has 1 fully saturated rings. The highest BCUT2D eigenvalue weighted by molar-refractivity contribution is 5.79. The number of benzene rings is 1. The Morgan fingerprint density at radius 2 is 1.93 bits per heavy atom. The zero-order valence-corrected chi connectivity index (χ0v) is 15.7. The Bertz CT molecular complexity index is 1150. The summed E-state index contributed by atoms with van der Waals surface area (Å²) in [7, 11) is 0. The molecular formula is C21H20FN5O2. The van der Waals surface area contributed by atoms with E-state index in [-0.39, 0.29) is 18.0 Å². The van der Waals surface area contributed by atoms with E-state index >= 15 is 0 Å². The zero-order valence-electron chi connectivity index (χ0n) is 15.7. The first-order valence-corrected chi connectivity index (χ1v) is 9.61. The molecule has 1 aliphatic rings. The van der Waals surface area contributed by atoms with Crippen LogP contribution in [0.25, 0.3) is 28.5 Å². The van der Waals surface area contributed by atoms with Gasteiger partial charge in [-0.1, -0.05) is 12.8 Å². The molecule has 0 bridgehead atoms. The molecule has 0 spiro atoms. The van der Waals surface area contributed by atoms with Gasteiger partial charge >= 0.3 is 5.84 Å². The molecule has 0 radical (unpaired) electrons. The number of aliphatic hydroxyl groups is 1. The van der Waals surface area contributed by atoms with E-state index in [1.807, 2.05) is 4.40 Å². The summed E-state index contributed by atoms with van der Waals surface area (Å²) in [4.78, 5) is 13.6. The first-order chi connectivity index (χ1) is 14.2. The molecule has 2 N–H and O–H groups in total. The highest BCUT2D eigenvalue weighted by Crippen LogP contribution is 2.34. The molecule has 148 valence electrons. The molecule has 3 aromatic heterocycles. The summed E-state index contributed by atoms with van der Waals surface area (Å²) in [6.07, 6.45) is 8.91. The SMILES string of the molecule is OCC1(Nc2nccc(-c3c(-c4ccc(F)cc4)nc4occn34)n2)CCCC1. The lowest BCUT2D eigenvalue weighted by atomic mass is 9.99. The van der Waals surface area contributed by atoms with E-state index in [1.165, 1.54) is 12.1 Å². The number of anilines is 1. The van der Waals surface area contributed by atoms with Crippen molar-refractivity contribution in [2.75, 3.05) is 11.9 Å². The minimum atomic E-state index is -0.374. The van der Waals surface area contributed by atoms with Crippen LogP contribution in [-0.2, 0) is 0 Å². The van der Waals surface area contributed by atoms with Gasteiger partial charge in [0.25, 0.3) is 0 Å². The average Bonchev–Trinajstić information content (AvgIpc) is 3.45. The van der Waals surface area contributed by atoms with Crippen molar-refractivity contribution in [1.82, 2.24) is 19.4 Å². The van der Waals surface area contributed by atoms with E-state index in [0.717, 1.165) is 36.9 Å². The summed E-state index contributed by atoms with van der Waals surface area (Å²) >= 11 is 0. The number of hydrogen-bond acceptors (Lipinski definition) is 6.